The number of nitrogens with zero attached hydrogens (tertiary/aromatic N) is 5. The van der Waals surface area contributed by atoms with Gasteiger partial charge in [0.25, 0.3) is 0 Å². The van der Waals surface area contributed by atoms with Crippen molar-refractivity contribution in [3.63, 3.8) is 0 Å². The number of aryl methyl sites for hydroxylation is 1. The predicted molar refractivity (Wildman–Crippen MR) is 99.3 cm³/mol. The molecule has 0 spiro atoms. The number of hydrogen-bond donors (Lipinski definition) is 1. The first-order valence-electron chi connectivity index (χ1n) is 9.59. The van der Waals surface area contributed by atoms with Gasteiger partial charge in [0.1, 0.15) is 6.54 Å². The summed E-state index contributed by atoms with van der Waals surface area (Å²) in [5.74, 6) is 0.730. The Labute approximate surface area is 154 Å². The second-order valence-electron chi connectivity index (χ2n) is 6.88. The number of amides is 1. The van der Waals surface area contributed by atoms with Crippen molar-refractivity contribution in [2.45, 2.75) is 51.6 Å². The summed E-state index contributed by atoms with van der Waals surface area (Å²) < 4.78 is 1.62. The van der Waals surface area contributed by atoms with E-state index in [1.165, 1.54) is 31.2 Å². The molecule has 1 aliphatic heterocycles. The van der Waals surface area contributed by atoms with Crippen LogP contribution in [0.25, 0.3) is 0 Å². The lowest BCUT2D eigenvalue weighted by Crippen LogP contribution is -2.31. The van der Waals surface area contributed by atoms with Gasteiger partial charge in [-0.15, -0.1) is 5.10 Å². The molecule has 1 aliphatic rings. The Balaban J connectivity index is 1.40. The first-order chi connectivity index (χ1) is 12.8. The topological polar surface area (TPSA) is 75.9 Å². The van der Waals surface area contributed by atoms with Crippen molar-refractivity contribution in [1.82, 2.24) is 30.4 Å². The van der Waals surface area contributed by atoms with E-state index in [1.807, 2.05) is 18.2 Å². The monoisotopic (exact) mass is 356 g/mol. The number of likely N-dealkylation sites (tertiary alicyclic amines) is 1. The molecule has 7 nitrogen and oxygen atoms in total. The summed E-state index contributed by atoms with van der Waals surface area (Å²) in [6.07, 6.45) is 6.94. The van der Waals surface area contributed by atoms with Crippen LogP contribution in [0.15, 0.2) is 30.3 Å². The summed E-state index contributed by atoms with van der Waals surface area (Å²) in [6.45, 7) is 3.73. The smallest absolute Gasteiger partial charge is 0.241 e. The van der Waals surface area contributed by atoms with Crippen molar-refractivity contribution in [2.24, 2.45) is 0 Å². The van der Waals surface area contributed by atoms with Crippen LogP contribution in [-0.2, 0) is 24.3 Å². The van der Waals surface area contributed by atoms with Crippen LogP contribution < -0.4 is 5.32 Å². The van der Waals surface area contributed by atoms with Crippen LogP contribution in [0.4, 0.5) is 0 Å². The van der Waals surface area contributed by atoms with Gasteiger partial charge in [0.05, 0.1) is 6.54 Å². The fraction of sp³-hybridized carbons (Fsp3) is 0.579. The zero-order chi connectivity index (χ0) is 18.0. The Morgan fingerprint density at radius 1 is 1.08 bits per heavy atom. The van der Waals surface area contributed by atoms with E-state index in [4.69, 9.17) is 0 Å². The van der Waals surface area contributed by atoms with Crippen molar-refractivity contribution in [3.8, 4) is 0 Å². The van der Waals surface area contributed by atoms with Gasteiger partial charge >= 0.3 is 0 Å². The highest BCUT2D eigenvalue weighted by Crippen LogP contribution is 2.11. The number of benzene rings is 1. The van der Waals surface area contributed by atoms with E-state index >= 15 is 0 Å². The number of carbonyl (C=O) groups is 1. The van der Waals surface area contributed by atoms with E-state index in [-0.39, 0.29) is 12.5 Å². The predicted octanol–water partition coefficient (Wildman–Crippen LogP) is 1.80. The zero-order valence-corrected chi connectivity index (χ0v) is 15.3. The van der Waals surface area contributed by atoms with Crippen LogP contribution in [0.3, 0.4) is 0 Å². The van der Waals surface area contributed by atoms with Crippen LogP contribution >= 0.6 is 0 Å². The molecule has 140 valence electrons. The quantitative estimate of drug-likeness (QED) is 0.730. The first kappa shape index (κ1) is 18.5. The van der Waals surface area contributed by atoms with Gasteiger partial charge in [0.2, 0.25) is 5.91 Å². The summed E-state index contributed by atoms with van der Waals surface area (Å²) in [4.78, 5) is 14.6. The average molecular weight is 356 g/mol. The number of rotatable bonds is 8. The van der Waals surface area contributed by atoms with E-state index in [0.717, 1.165) is 31.8 Å². The molecule has 1 N–H and O–H groups in total. The molecule has 1 aromatic heterocycles. The number of nitrogens with one attached hydrogen (secondary N) is 1. The van der Waals surface area contributed by atoms with Crippen LogP contribution in [0.1, 0.15) is 43.5 Å². The largest absolute Gasteiger partial charge is 0.354 e. The van der Waals surface area contributed by atoms with E-state index in [0.29, 0.717) is 13.1 Å². The Hall–Kier alpha value is -2.28. The molecule has 0 saturated carbocycles. The zero-order valence-electron chi connectivity index (χ0n) is 15.3. The van der Waals surface area contributed by atoms with Crippen molar-refractivity contribution in [2.75, 3.05) is 19.6 Å². The highest BCUT2D eigenvalue weighted by Gasteiger charge is 2.15. The third-order valence-electron chi connectivity index (χ3n) is 4.77. The van der Waals surface area contributed by atoms with E-state index < -0.39 is 0 Å². The molecule has 0 atom stereocenters. The molecule has 26 heavy (non-hydrogen) atoms. The lowest BCUT2D eigenvalue weighted by molar-refractivity contribution is -0.121. The molecule has 3 rings (SSSR count). The third kappa shape index (κ3) is 5.91. The summed E-state index contributed by atoms with van der Waals surface area (Å²) in [5, 5.41) is 14.8. The normalized spacial score (nSPS) is 15.5. The standard InChI is InChI=1S/C19H28N6O/c26-19(20-12-8-11-17-9-4-3-5-10-17)16-25-18(21-22-23-25)15-24-13-6-1-2-7-14-24/h3-5,9-10H,1-2,6-8,11-16H2,(H,20,26). The molecule has 7 heteroatoms. The molecule has 1 saturated heterocycles. The fourth-order valence-electron chi connectivity index (χ4n) is 3.31. The van der Waals surface area contributed by atoms with Gasteiger partial charge < -0.3 is 5.32 Å². The van der Waals surface area contributed by atoms with Gasteiger partial charge in [-0.05, 0) is 54.8 Å². The SMILES string of the molecule is O=C(Cn1nnnc1CN1CCCCCC1)NCCCc1ccccc1. The molecule has 1 amide bonds. The Morgan fingerprint density at radius 3 is 2.62 bits per heavy atom. The minimum Gasteiger partial charge on any atom is -0.354 e. The minimum atomic E-state index is -0.0394. The molecule has 0 aliphatic carbocycles. The molecule has 0 radical (unpaired) electrons. The Morgan fingerprint density at radius 2 is 1.85 bits per heavy atom. The number of carbonyl (C=O) groups excluding carboxylic acids is 1. The molecule has 0 unspecified atom stereocenters. The fourth-order valence-corrected chi connectivity index (χ4v) is 3.31. The van der Waals surface area contributed by atoms with Crippen LogP contribution in [0.2, 0.25) is 0 Å². The van der Waals surface area contributed by atoms with E-state index in [9.17, 15) is 4.79 Å². The van der Waals surface area contributed by atoms with Crippen LogP contribution in [0.5, 0.6) is 0 Å². The Kier molecular flexibility index (Phi) is 7.13. The maximum absolute atomic E-state index is 12.2. The number of aromatic nitrogens is 4. The average Bonchev–Trinajstić information content (AvgIpc) is 2.92. The molecule has 1 aromatic carbocycles. The molecular formula is C19H28N6O. The Bertz CT molecular complexity index is 664. The second kappa shape index (κ2) is 10.0. The van der Waals surface area contributed by atoms with Gasteiger partial charge in [0, 0.05) is 6.54 Å². The number of hydrogen-bond acceptors (Lipinski definition) is 5. The molecule has 2 heterocycles. The summed E-state index contributed by atoms with van der Waals surface area (Å²) >= 11 is 0. The third-order valence-corrected chi connectivity index (χ3v) is 4.77. The van der Waals surface area contributed by atoms with Gasteiger partial charge in [-0.1, -0.05) is 43.2 Å². The van der Waals surface area contributed by atoms with Crippen molar-refractivity contribution in [3.05, 3.63) is 41.7 Å². The molecule has 1 fully saturated rings. The van der Waals surface area contributed by atoms with Crippen LogP contribution in [0, 0.1) is 0 Å². The van der Waals surface area contributed by atoms with Gasteiger partial charge in [-0.25, -0.2) is 4.68 Å². The van der Waals surface area contributed by atoms with Crippen molar-refractivity contribution < 1.29 is 4.79 Å². The second-order valence-corrected chi connectivity index (χ2v) is 6.88. The lowest BCUT2D eigenvalue weighted by Gasteiger charge is -2.18. The van der Waals surface area contributed by atoms with Crippen molar-refractivity contribution >= 4 is 5.91 Å². The van der Waals surface area contributed by atoms with Gasteiger partial charge in [0.15, 0.2) is 5.82 Å². The van der Waals surface area contributed by atoms with Gasteiger partial charge in [-0.2, -0.15) is 0 Å². The summed E-state index contributed by atoms with van der Waals surface area (Å²) in [6, 6.07) is 10.3. The summed E-state index contributed by atoms with van der Waals surface area (Å²) in [5.41, 5.74) is 1.29. The maximum Gasteiger partial charge on any atom is 0.241 e. The first-order valence-corrected chi connectivity index (χ1v) is 9.59. The maximum atomic E-state index is 12.2. The highest BCUT2D eigenvalue weighted by atomic mass is 16.2. The summed E-state index contributed by atoms with van der Waals surface area (Å²) in [7, 11) is 0. The highest BCUT2D eigenvalue weighted by molar-refractivity contribution is 5.75. The van der Waals surface area contributed by atoms with Crippen LogP contribution in [-0.4, -0.2) is 50.6 Å². The minimum absolute atomic E-state index is 0.0394. The molecule has 0 bridgehead atoms. The van der Waals surface area contributed by atoms with E-state index in [1.54, 1.807) is 4.68 Å². The molecule has 2 aromatic rings. The lowest BCUT2D eigenvalue weighted by atomic mass is 10.1. The van der Waals surface area contributed by atoms with Gasteiger partial charge in [-0.3, -0.25) is 9.69 Å². The molecular weight excluding hydrogens is 328 g/mol. The van der Waals surface area contributed by atoms with Crippen molar-refractivity contribution in [1.29, 1.82) is 0 Å². The number of tetrazole rings is 1. The van der Waals surface area contributed by atoms with E-state index in [2.05, 4.69) is 37.9 Å².